The summed E-state index contributed by atoms with van der Waals surface area (Å²) >= 11 is 4.52. The molecule has 1 heterocycles. The summed E-state index contributed by atoms with van der Waals surface area (Å²) in [6.45, 7) is 6.04. The van der Waals surface area contributed by atoms with Crippen molar-refractivity contribution in [3.8, 4) is 0 Å². The lowest BCUT2D eigenvalue weighted by Gasteiger charge is -2.23. The highest BCUT2D eigenvalue weighted by molar-refractivity contribution is 7.80. The molecule has 1 aliphatic heterocycles. The summed E-state index contributed by atoms with van der Waals surface area (Å²) < 4.78 is 0. The highest BCUT2D eigenvalue weighted by Crippen LogP contribution is 2.24. The fraction of sp³-hybridized carbons (Fsp3) is 0.600. The first-order valence-corrected chi connectivity index (χ1v) is 7.35. The lowest BCUT2D eigenvalue weighted by Crippen LogP contribution is -2.27. The number of hydrogen-bond acceptors (Lipinski definition) is 2. The van der Waals surface area contributed by atoms with Crippen molar-refractivity contribution in [2.75, 3.05) is 25.4 Å². The zero-order valence-electron chi connectivity index (χ0n) is 10.7. The topological polar surface area (TPSA) is 3.24 Å². The molecule has 2 heteroatoms. The maximum absolute atomic E-state index is 4.52. The van der Waals surface area contributed by atoms with Crippen molar-refractivity contribution in [1.29, 1.82) is 0 Å². The van der Waals surface area contributed by atoms with Gasteiger partial charge in [-0.1, -0.05) is 43.7 Å². The maximum atomic E-state index is 4.52. The van der Waals surface area contributed by atoms with Crippen LogP contribution in [0.25, 0.3) is 0 Å². The van der Waals surface area contributed by atoms with E-state index in [1.54, 1.807) is 0 Å². The molecule has 2 unspecified atom stereocenters. The summed E-state index contributed by atoms with van der Waals surface area (Å²) in [6.07, 6.45) is 2.71. The summed E-state index contributed by atoms with van der Waals surface area (Å²) in [4.78, 5) is 2.61. The number of benzene rings is 1. The molecule has 1 aromatic carbocycles. The van der Waals surface area contributed by atoms with Crippen molar-refractivity contribution in [3.63, 3.8) is 0 Å². The van der Waals surface area contributed by atoms with Gasteiger partial charge in [-0.2, -0.15) is 12.6 Å². The third-order valence-corrected chi connectivity index (χ3v) is 4.36. The second kappa shape index (κ2) is 6.46. The Hall–Kier alpha value is -0.470. The van der Waals surface area contributed by atoms with Crippen LogP contribution >= 0.6 is 12.6 Å². The van der Waals surface area contributed by atoms with Crippen LogP contribution in [0.3, 0.4) is 0 Å². The van der Waals surface area contributed by atoms with Gasteiger partial charge in [0.1, 0.15) is 0 Å². The summed E-state index contributed by atoms with van der Waals surface area (Å²) in [5, 5.41) is 0. The van der Waals surface area contributed by atoms with Gasteiger partial charge in [-0.05, 0) is 30.2 Å². The molecule has 0 bridgehead atoms. The summed E-state index contributed by atoms with van der Waals surface area (Å²) in [5.74, 6) is 2.44. The number of thiol groups is 1. The zero-order chi connectivity index (χ0) is 12.1. The molecule has 94 valence electrons. The highest BCUT2D eigenvalue weighted by atomic mass is 32.1. The van der Waals surface area contributed by atoms with Gasteiger partial charge >= 0.3 is 0 Å². The van der Waals surface area contributed by atoms with Crippen molar-refractivity contribution in [3.05, 3.63) is 35.9 Å². The Kier molecular flexibility index (Phi) is 4.93. The van der Waals surface area contributed by atoms with Crippen LogP contribution in [-0.2, 0) is 0 Å². The monoisotopic (exact) mass is 249 g/mol. The lowest BCUT2D eigenvalue weighted by atomic mass is 10.0. The standard InChI is InChI=1S/C15H23NS/c1-2-13-8-9-16(10-13)11-15(12-17)14-6-4-3-5-7-14/h3-7,13,15,17H,2,8-12H2,1H3. The molecule has 1 aromatic rings. The van der Waals surface area contributed by atoms with E-state index in [4.69, 9.17) is 0 Å². The maximum Gasteiger partial charge on any atom is 0.00582 e. The molecular formula is C15H23NS. The largest absolute Gasteiger partial charge is 0.302 e. The Bertz CT molecular complexity index is 325. The van der Waals surface area contributed by atoms with Crippen LogP contribution in [0.5, 0.6) is 0 Å². The van der Waals surface area contributed by atoms with E-state index in [-0.39, 0.29) is 0 Å². The molecule has 0 radical (unpaired) electrons. The average molecular weight is 249 g/mol. The zero-order valence-corrected chi connectivity index (χ0v) is 11.6. The van der Waals surface area contributed by atoms with Gasteiger partial charge in [0, 0.05) is 19.0 Å². The van der Waals surface area contributed by atoms with Gasteiger partial charge in [-0.15, -0.1) is 0 Å². The highest BCUT2D eigenvalue weighted by Gasteiger charge is 2.23. The molecule has 1 fully saturated rings. The van der Waals surface area contributed by atoms with Gasteiger partial charge in [0.25, 0.3) is 0 Å². The minimum atomic E-state index is 0.579. The van der Waals surface area contributed by atoms with Crippen LogP contribution < -0.4 is 0 Å². The number of hydrogen-bond donors (Lipinski definition) is 1. The van der Waals surface area contributed by atoms with Gasteiger partial charge < -0.3 is 4.90 Å². The van der Waals surface area contributed by atoms with E-state index < -0.39 is 0 Å². The van der Waals surface area contributed by atoms with Crippen LogP contribution in [0.2, 0.25) is 0 Å². The summed E-state index contributed by atoms with van der Waals surface area (Å²) in [5.41, 5.74) is 1.43. The van der Waals surface area contributed by atoms with Crippen LogP contribution in [0.1, 0.15) is 31.2 Å². The Morgan fingerprint density at radius 3 is 2.71 bits per heavy atom. The van der Waals surface area contributed by atoms with Crippen molar-refractivity contribution in [1.82, 2.24) is 4.90 Å². The molecule has 0 spiro atoms. The molecule has 1 saturated heterocycles. The molecule has 0 N–H and O–H groups in total. The van der Waals surface area contributed by atoms with E-state index in [0.717, 1.165) is 11.7 Å². The second-order valence-electron chi connectivity index (χ2n) is 5.11. The lowest BCUT2D eigenvalue weighted by molar-refractivity contribution is 0.308. The third-order valence-electron chi connectivity index (χ3n) is 3.92. The van der Waals surface area contributed by atoms with Gasteiger partial charge in [-0.25, -0.2) is 0 Å². The fourth-order valence-corrected chi connectivity index (χ4v) is 3.04. The molecule has 0 amide bonds. The smallest absolute Gasteiger partial charge is 0.00582 e. The molecular weight excluding hydrogens is 226 g/mol. The van der Waals surface area contributed by atoms with E-state index in [9.17, 15) is 0 Å². The Balaban J connectivity index is 1.92. The number of rotatable bonds is 5. The molecule has 0 aromatic heterocycles. The van der Waals surface area contributed by atoms with E-state index >= 15 is 0 Å². The van der Waals surface area contributed by atoms with Crippen molar-refractivity contribution in [2.24, 2.45) is 5.92 Å². The fourth-order valence-electron chi connectivity index (χ4n) is 2.72. The normalized spacial score (nSPS) is 22.8. The van der Waals surface area contributed by atoms with Crippen LogP contribution in [-0.4, -0.2) is 30.3 Å². The van der Waals surface area contributed by atoms with E-state index in [1.807, 2.05) is 0 Å². The Morgan fingerprint density at radius 1 is 1.35 bits per heavy atom. The van der Waals surface area contributed by atoms with Gasteiger partial charge in [-0.3, -0.25) is 0 Å². The molecule has 2 atom stereocenters. The molecule has 0 aliphatic carbocycles. The Labute approximate surface area is 111 Å². The predicted molar refractivity (Wildman–Crippen MR) is 77.9 cm³/mol. The second-order valence-corrected chi connectivity index (χ2v) is 5.48. The van der Waals surface area contributed by atoms with E-state index in [0.29, 0.717) is 5.92 Å². The first-order chi connectivity index (χ1) is 8.33. The number of likely N-dealkylation sites (tertiary alicyclic amines) is 1. The van der Waals surface area contributed by atoms with Crippen LogP contribution in [0.15, 0.2) is 30.3 Å². The number of nitrogens with zero attached hydrogens (tertiary/aromatic N) is 1. The minimum Gasteiger partial charge on any atom is -0.302 e. The first kappa shape index (κ1) is 13.0. The van der Waals surface area contributed by atoms with Crippen molar-refractivity contribution >= 4 is 12.6 Å². The van der Waals surface area contributed by atoms with Gasteiger partial charge in [0.05, 0.1) is 0 Å². The van der Waals surface area contributed by atoms with E-state index in [2.05, 4.69) is 54.8 Å². The van der Waals surface area contributed by atoms with E-state index in [1.165, 1.54) is 38.0 Å². The van der Waals surface area contributed by atoms with Gasteiger partial charge in [0.15, 0.2) is 0 Å². The Morgan fingerprint density at radius 2 is 2.12 bits per heavy atom. The molecule has 1 aliphatic rings. The SMILES string of the molecule is CCC1CCN(CC(CS)c2ccccc2)C1. The first-order valence-electron chi connectivity index (χ1n) is 6.71. The molecule has 0 saturated carbocycles. The molecule has 17 heavy (non-hydrogen) atoms. The van der Waals surface area contributed by atoms with Crippen molar-refractivity contribution < 1.29 is 0 Å². The van der Waals surface area contributed by atoms with Crippen LogP contribution in [0.4, 0.5) is 0 Å². The predicted octanol–water partition coefficient (Wildman–Crippen LogP) is 3.43. The molecule has 1 nitrogen and oxygen atoms in total. The summed E-state index contributed by atoms with van der Waals surface area (Å²) in [7, 11) is 0. The van der Waals surface area contributed by atoms with Crippen LogP contribution in [0, 0.1) is 5.92 Å². The summed E-state index contributed by atoms with van der Waals surface area (Å²) in [6, 6.07) is 10.8. The average Bonchev–Trinajstić information content (AvgIpc) is 2.84. The quantitative estimate of drug-likeness (QED) is 0.783. The van der Waals surface area contributed by atoms with Crippen molar-refractivity contribution in [2.45, 2.75) is 25.7 Å². The third kappa shape index (κ3) is 3.49. The van der Waals surface area contributed by atoms with Gasteiger partial charge in [0.2, 0.25) is 0 Å². The minimum absolute atomic E-state index is 0.579. The molecule has 2 rings (SSSR count).